The van der Waals surface area contributed by atoms with Gasteiger partial charge in [-0.25, -0.2) is 9.67 Å². The Hall–Kier alpha value is -4.23. The Morgan fingerprint density at radius 2 is 1.73 bits per heavy atom. The van der Waals surface area contributed by atoms with Gasteiger partial charge in [0.1, 0.15) is 5.82 Å². The van der Waals surface area contributed by atoms with Gasteiger partial charge in [-0.2, -0.15) is 5.10 Å². The van der Waals surface area contributed by atoms with Crippen molar-refractivity contribution >= 4 is 34.2 Å². The van der Waals surface area contributed by atoms with Crippen LogP contribution in [-0.4, -0.2) is 25.7 Å². The number of aryl methyl sites for hydroxylation is 1. The lowest BCUT2D eigenvalue weighted by Gasteiger charge is -2.12. The van der Waals surface area contributed by atoms with Crippen LogP contribution in [0.4, 0.5) is 5.69 Å². The Labute approximate surface area is 193 Å². The summed E-state index contributed by atoms with van der Waals surface area (Å²) in [5, 5.41) is 7.48. The number of halogens is 1. The summed E-state index contributed by atoms with van der Waals surface area (Å²) in [5.41, 5.74) is 3.70. The fraction of sp³-hybridized carbons (Fsp3) is 0.0400. The lowest BCUT2D eigenvalue weighted by Crippen LogP contribution is -2.27. The number of carbonyl (C=O) groups excluding carboxylic acids is 1. The number of hydrogen-bond donors (Lipinski definition) is 2. The highest BCUT2D eigenvalue weighted by Gasteiger charge is 2.17. The van der Waals surface area contributed by atoms with Gasteiger partial charge in [0.2, 0.25) is 5.43 Å². The highest BCUT2D eigenvalue weighted by Crippen LogP contribution is 2.23. The number of nitrogens with one attached hydrogen (secondary N) is 2. The molecule has 0 atom stereocenters. The number of hydrogen-bond acceptors (Lipinski definition) is 4. The smallest absolute Gasteiger partial charge is 0.280 e. The Kier molecular flexibility index (Phi) is 5.24. The van der Waals surface area contributed by atoms with Gasteiger partial charge in [0.25, 0.3) is 5.91 Å². The van der Waals surface area contributed by atoms with Crippen LogP contribution in [-0.2, 0) is 0 Å². The minimum absolute atomic E-state index is 0.220. The molecule has 5 aromatic rings. The van der Waals surface area contributed by atoms with Crippen molar-refractivity contribution in [2.24, 2.45) is 0 Å². The zero-order valence-corrected chi connectivity index (χ0v) is 18.3. The topological polar surface area (TPSA) is 92.7 Å². The zero-order valence-electron chi connectivity index (χ0n) is 17.5. The van der Waals surface area contributed by atoms with Crippen molar-refractivity contribution in [1.82, 2.24) is 19.7 Å². The second kappa shape index (κ2) is 8.37. The molecule has 1 amide bonds. The van der Waals surface area contributed by atoms with E-state index in [2.05, 4.69) is 20.4 Å². The molecule has 0 saturated heterocycles. The minimum atomic E-state index is -0.600. The molecule has 0 aliphatic rings. The number of para-hydroxylation sites is 3. The number of amides is 1. The number of rotatable bonds is 4. The van der Waals surface area contributed by atoms with Crippen molar-refractivity contribution in [2.45, 2.75) is 6.92 Å². The van der Waals surface area contributed by atoms with Crippen LogP contribution in [0.5, 0.6) is 0 Å². The van der Waals surface area contributed by atoms with Crippen LogP contribution in [0.2, 0.25) is 5.02 Å². The molecular weight excluding hydrogens is 438 g/mol. The predicted molar refractivity (Wildman–Crippen MR) is 129 cm³/mol. The van der Waals surface area contributed by atoms with Gasteiger partial charge in [0, 0.05) is 23.0 Å². The Balaban J connectivity index is 1.41. The summed E-state index contributed by atoms with van der Waals surface area (Å²) >= 11 is 6.28. The predicted octanol–water partition coefficient (Wildman–Crippen LogP) is 4.99. The monoisotopic (exact) mass is 455 g/mol. The number of anilines is 1. The first-order valence-corrected chi connectivity index (χ1v) is 10.6. The van der Waals surface area contributed by atoms with Crippen LogP contribution in [0.1, 0.15) is 16.2 Å². The van der Waals surface area contributed by atoms with Crippen LogP contribution < -0.4 is 10.7 Å². The minimum Gasteiger partial charge on any atom is -0.338 e. The van der Waals surface area contributed by atoms with E-state index in [1.807, 2.05) is 42.5 Å². The summed E-state index contributed by atoms with van der Waals surface area (Å²) in [7, 11) is 0. The lowest BCUT2D eigenvalue weighted by atomic mass is 10.2. The number of H-pyrrole nitrogens is 1. The molecule has 0 bridgehead atoms. The third kappa shape index (κ3) is 4.02. The Morgan fingerprint density at radius 1 is 1.00 bits per heavy atom. The summed E-state index contributed by atoms with van der Waals surface area (Å²) in [4.78, 5) is 33.2. The molecule has 0 aliphatic carbocycles. The van der Waals surface area contributed by atoms with E-state index in [1.54, 1.807) is 37.3 Å². The maximum absolute atomic E-state index is 12.8. The van der Waals surface area contributed by atoms with Gasteiger partial charge < -0.3 is 10.3 Å². The number of fused-ring (bicyclic) bond motifs is 1. The summed E-state index contributed by atoms with van der Waals surface area (Å²) in [5.74, 6) is 0.134. The molecule has 0 saturated carbocycles. The molecule has 0 radical (unpaired) electrons. The Morgan fingerprint density at radius 3 is 2.48 bits per heavy atom. The number of imidazole rings is 1. The molecule has 7 nitrogen and oxygen atoms in total. The van der Waals surface area contributed by atoms with Crippen molar-refractivity contribution in [1.29, 1.82) is 0 Å². The van der Waals surface area contributed by atoms with Crippen LogP contribution in [0.3, 0.4) is 0 Å². The van der Waals surface area contributed by atoms with E-state index in [0.29, 0.717) is 22.1 Å². The average Bonchev–Trinajstić information content (AvgIpc) is 3.25. The van der Waals surface area contributed by atoms with Crippen LogP contribution >= 0.6 is 11.6 Å². The summed E-state index contributed by atoms with van der Waals surface area (Å²) in [6.07, 6.45) is 0. The molecule has 8 heteroatoms. The standard InChI is InChI=1S/C25H18ClN5O2/c1-15-14-22(32)23(30-31(15)21-9-5-2-6-18(21)26)25(33)27-17-12-10-16(11-13-17)24-28-19-7-3-4-8-20(19)29-24/h2-14H,1H3,(H,27,33)(H,28,29). The van der Waals surface area contributed by atoms with E-state index >= 15 is 0 Å². The van der Waals surface area contributed by atoms with Gasteiger partial charge in [-0.1, -0.05) is 35.9 Å². The molecule has 33 heavy (non-hydrogen) atoms. The van der Waals surface area contributed by atoms with Crippen molar-refractivity contribution in [2.75, 3.05) is 5.32 Å². The van der Waals surface area contributed by atoms with Gasteiger partial charge >= 0.3 is 0 Å². The second-order valence-corrected chi connectivity index (χ2v) is 7.90. The first-order chi connectivity index (χ1) is 16.0. The number of carbonyl (C=O) groups is 1. The van der Waals surface area contributed by atoms with Crippen molar-refractivity contribution in [3.05, 3.63) is 105 Å². The van der Waals surface area contributed by atoms with Gasteiger partial charge in [0.15, 0.2) is 5.69 Å². The first kappa shape index (κ1) is 20.7. The molecule has 0 spiro atoms. The molecule has 2 aromatic heterocycles. The third-order valence-corrected chi connectivity index (χ3v) is 5.53. The van der Waals surface area contributed by atoms with E-state index in [9.17, 15) is 9.59 Å². The number of nitrogens with zero attached hydrogens (tertiary/aromatic N) is 3. The molecule has 5 rings (SSSR count). The zero-order chi connectivity index (χ0) is 22.9. The average molecular weight is 456 g/mol. The fourth-order valence-electron chi connectivity index (χ4n) is 3.56. The molecule has 3 aromatic carbocycles. The van der Waals surface area contributed by atoms with E-state index < -0.39 is 11.3 Å². The molecule has 162 valence electrons. The maximum Gasteiger partial charge on any atom is 0.280 e. The molecule has 0 aliphatic heterocycles. The van der Waals surface area contributed by atoms with Crippen LogP contribution in [0, 0.1) is 6.92 Å². The SMILES string of the molecule is Cc1cc(=O)c(C(=O)Nc2ccc(-c3nc4ccccc4[nH]3)cc2)nn1-c1ccccc1Cl. The molecule has 2 N–H and O–H groups in total. The third-order valence-electron chi connectivity index (χ3n) is 5.21. The van der Waals surface area contributed by atoms with Crippen molar-refractivity contribution in [3.8, 4) is 17.1 Å². The first-order valence-electron chi connectivity index (χ1n) is 10.2. The second-order valence-electron chi connectivity index (χ2n) is 7.50. The van der Waals surface area contributed by atoms with Gasteiger partial charge in [-0.15, -0.1) is 0 Å². The summed E-state index contributed by atoms with van der Waals surface area (Å²) < 4.78 is 1.49. The van der Waals surface area contributed by atoms with E-state index in [-0.39, 0.29) is 5.69 Å². The van der Waals surface area contributed by atoms with Gasteiger partial charge in [0.05, 0.1) is 21.7 Å². The number of aromatic amines is 1. The quantitative estimate of drug-likeness (QED) is 0.399. The molecular formula is C25H18ClN5O2. The van der Waals surface area contributed by atoms with Gasteiger partial charge in [-0.3, -0.25) is 9.59 Å². The summed E-state index contributed by atoms with van der Waals surface area (Å²) in [6.45, 7) is 1.73. The van der Waals surface area contributed by atoms with Crippen LogP contribution in [0.25, 0.3) is 28.1 Å². The van der Waals surface area contributed by atoms with Crippen LogP contribution in [0.15, 0.2) is 83.7 Å². The highest BCUT2D eigenvalue weighted by atomic mass is 35.5. The molecule has 0 unspecified atom stereocenters. The van der Waals surface area contributed by atoms with E-state index in [0.717, 1.165) is 22.4 Å². The number of aromatic nitrogens is 4. The lowest BCUT2D eigenvalue weighted by molar-refractivity contribution is 0.101. The van der Waals surface area contributed by atoms with E-state index in [1.165, 1.54) is 10.7 Å². The Bertz CT molecular complexity index is 1520. The normalized spacial score (nSPS) is 11.0. The highest BCUT2D eigenvalue weighted by molar-refractivity contribution is 6.32. The maximum atomic E-state index is 12.8. The number of benzene rings is 3. The van der Waals surface area contributed by atoms with Gasteiger partial charge in [-0.05, 0) is 55.5 Å². The fourth-order valence-corrected chi connectivity index (χ4v) is 3.78. The van der Waals surface area contributed by atoms with Crippen molar-refractivity contribution < 1.29 is 4.79 Å². The molecule has 2 heterocycles. The summed E-state index contributed by atoms with van der Waals surface area (Å²) in [6, 6.07) is 23.4. The molecule has 0 fully saturated rings. The van der Waals surface area contributed by atoms with Crippen molar-refractivity contribution in [3.63, 3.8) is 0 Å². The largest absolute Gasteiger partial charge is 0.338 e. The van der Waals surface area contributed by atoms with E-state index in [4.69, 9.17) is 11.6 Å².